The molecule has 0 amide bonds. The van der Waals surface area contributed by atoms with Crippen molar-refractivity contribution in [3.05, 3.63) is 6.33 Å². The Bertz CT molecular complexity index is 532. The number of aryl methyl sites for hydroxylation is 1. The topological polar surface area (TPSA) is 71.8 Å². The Hall–Kier alpha value is -1.76. The van der Waals surface area contributed by atoms with Crippen molar-refractivity contribution in [3.8, 4) is 0 Å². The van der Waals surface area contributed by atoms with Crippen molar-refractivity contribution >= 4 is 17.0 Å². The number of aromatic nitrogens is 5. The standard InChI is InChI=1S/C13H23N7/c1-4-19(5-2)9-7-8-14-12-11-13(16-10-15-12)20(6-3)18-17-11/h10H,4-9H2,1-3H3,(H,14,15,16). The third kappa shape index (κ3) is 3.22. The first-order valence-corrected chi connectivity index (χ1v) is 7.30. The minimum Gasteiger partial charge on any atom is -0.368 e. The van der Waals surface area contributed by atoms with E-state index >= 15 is 0 Å². The number of hydrogen-bond donors (Lipinski definition) is 1. The van der Waals surface area contributed by atoms with E-state index < -0.39 is 0 Å². The fraction of sp³-hybridized carbons (Fsp3) is 0.692. The first kappa shape index (κ1) is 14.6. The molecular formula is C13H23N7. The fourth-order valence-corrected chi connectivity index (χ4v) is 2.18. The number of fused-ring (bicyclic) bond motifs is 1. The van der Waals surface area contributed by atoms with Crippen LogP contribution >= 0.6 is 0 Å². The SMILES string of the molecule is CCN(CC)CCCNc1ncnc2c1nnn2CC. The van der Waals surface area contributed by atoms with Gasteiger partial charge in [0.15, 0.2) is 17.0 Å². The highest BCUT2D eigenvalue weighted by Gasteiger charge is 2.10. The molecule has 20 heavy (non-hydrogen) atoms. The minimum atomic E-state index is 0.747. The van der Waals surface area contributed by atoms with Crippen LogP contribution in [-0.2, 0) is 6.54 Å². The van der Waals surface area contributed by atoms with Gasteiger partial charge in [0.25, 0.3) is 0 Å². The Morgan fingerprint density at radius 2 is 2.00 bits per heavy atom. The molecule has 7 heteroatoms. The molecule has 0 atom stereocenters. The summed E-state index contributed by atoms with van der Waals surface area (Å²) in [7, 11) is 0. The monoisotopic (exact) mass is 277 g/mol. The molecule has 0 saturated heterocycles. The van der Waals surface area contributed by atoms with Gasteiger partial charge in [-0.05, 0) is 33.0 Å². The van der Waals surface area contributed by atoms with Crippen LogP contribution in [0, 0.1) is 0 Å². The summed E-state index contributed by atoms with van der Waals surface area (Å²) in [5.74, 6) is 0.772. The summed E-state index contributed by atoms with van der Waals surface area (Å²) in [6.45, 7) is 11.3. The number of hydrogen-bond acceptors (Lipinski definition) is 6. The van der Waals surface area contributed by atoms with Gasteiger partial charge in [-0.3, -0.25) is 0 Å². The van der Waals surface area contributed by atoms with Crippen LogP contribution in [0.25, 0.3) is 11.2 Å². The molecule has 0 saturated carbocycles. The molecule has 2 aromatic rings. The maximum Gasteiger partial charge on any atom is 0.183 e. The summed E-state index contributed by atoms with van der Waals surface area (Å²) >= 11 is 0. The summed E-state index contributed by atoms with van der Waals surface area (Å²) in [6, 6.07) is 0. The number of rotatable bonds is 8. The molecule has 0 aliphatic rings. The van der Waals surface area contributed by atoms with Crippen LogP contribution in [0.4, 0.5) is 5.82 Å². The molecule has 0 bridgehead atoms. The molecule has 1 N–H and O–H groups in total. The Morgan fingerprint density at radius 3 is 2.70 bits per heavy atom. The highest BCUT2D eigenvalue weighted by atomic mass is 15.4. The quantitative estimate of drug-likeness (QED) is 0.735. The average Bonchev–Trinajstić information content (AvgIpc) is 2.91. The number of nitrogens with zero attached hydrogens (tertiary/aromatic N) is 6. The van der Waals surface area contributed by atoms with Gasteiger partial charge in [0.2, 0.25) is 0 Å². The average molecular weight is 277 g/mol. The van der Waals surface area contributed by atoms with Gasteiger partial charge >= 0.3 is 0 Å². The zero-order valence-corrected chi connectivity index (χ0v) is 12.5. The van der Waals surface area contributed by atoms with Crippen LogP contribution in [0.15, 0.2) is 6.33 Å². The molecule has 0 spiro atoms. The lowest BCUT2D eigenvalue weighted by Gasteiger charge is -2.17. The lowest BCUT2D eigenvalue weighted by Crippen LogP contribution is -2.25. The number of nitrogens with one attached hydrogen (secondary N) is 1. The van der Waals surface area contributed by atoms with Crippen LogP contribution in [-0.4, -0.2) is 56.0 Å². The Balaban J connectivity index is 1.95. The van der Waals surface area contributed by atoms with Crippen molar-refractivity contribution in [2.24, 2.45) is 0 Å². The predicted octanol–water partition coefficient (Wildman–Crippen LogP) is 1.38. The molecule has 0 aliphatic carbocycles. The van der Waals surface area contributed by atoms with Gasteiger partial charge < -0.3 is 10.2 Å². The maximum atomic E-state index is 4.26. The van der Waals surface area contributed by atoms with Crippen LogP contribution in [0.5, 0.6) is 0 Å². The molecule has 110 valence electrons. The van der Waals surface area contributed by atoms with Crippen LogP contribution < -0.4 is 5.32 Å². The summed E-state index contributed by atoms with van der Waals surface area (Å²) in [5.41, 5.74) is 1.53. The molecule has 0 fully saturated rings. The van der Waals surface area contributed by atoms with Gasteiger partial charge in [0.1, 0.15) is 6.33 Å². The van der Waals surface area contributed by atoms with Gasteiger partial charge in [-0.2, -0.15) is 0 Å². The summed E-state index contributed by atoms with van der Waals surface area (Å²) in [6.07, 6.45) is 2.64. The van der Waals surface area contributed by atoms with E-state index in [4.69, 9.17) is 0 Å². The van der Waals surface area contributed by atoms with E-state index in [0.29, 0.717) is 0 Å². The maximum absolute atomic E-state index is 4.26. The molecule has 0 aliphatic heterocycles. The summed E-state index contributed by atoms with van der Waals surface area (Å²) in [5, 5.41) is 11.6. The molecule has 2 aromatic heterocycles. The van der Waals surface area contributed by atoms with E-state index in [1.54, 1.807) is 11.0 Å². The normalized spacial score (nSPS) is 11.4. The first-order chi connectivity index (χ1) is 9.80. The molecule has 0 unspecified atom stereocenters. The van der Waals surface area contributed by atoms with Crippen molar-refractivity contribution in [2.45, 2.75) is 33.7 Å². The second-order valence-corrected chi connectivity index (χ2v) is 4.61. The van der Waals surface area contributed by atoms with Gasteiger partial charge in [0, 0.05) is 13.1 Å². The largest absolute Gasteiger partial charge is 0.368 e. The summed E-state index contributed by atoms with van der Waals surface area (Å²) in [4.78, 5) is 10.9. The van der Waals surface area contributed by atoms with E-state index in [2.05, 4.69) is 44.3 Å². The van der Waals surface area contributed by atoms with Gasteiger partial charge in [-0.1, -0.05) is 19.1 Å². The molecule has 0 aromatic carbocycles. The minimum absolute atomic E-state index is 0.747. The highest BCUT2D eigenvalue weighted by molar-refractivity contribution is 5.81. The van der Waals surface area contributed by atoms with E-state index in [0.717, 1.165) is 56.1 Å². The highest BCUT2D eigenvalue weighted by Crippen LogP contribution is 2.15. The number of anilines is 1. The third-order valence-electron chi connectivity index (χ3n) is 3.44. The van der Waals surface area contributed by atoms with Crippen molar-refractivity contribution in [2.75, 3.05) is 31.5 Å². The Morgan fingerprint density at radius 1 is 1.20 bits per heavy atom. The third-order valence-corrected chi connectivity index (χ3v) is 3.44. The second kappa shape index (κ2) is 7.14. The lowest BCUT2D eigenvalue weighted by molar-refractivity contribution is 0.303. The molecule has 0 radical (unpaired) electrons. The first-order valence-electron chi connectivity index (χ1n) is 7.30. The van der Waals surface area contributed by atoms with E-state index in [1.165, 1.54) is 0 Å². The molecular weight excluding hydrogens is 254 g/mol. The lowest BCUT2D eigenvalue weighted by atomic mass is 10.3. The second-order valence-electron chi connectivity index (χ2n) is 4.61. The zero-order valence-electron chi connectivity index (χ0n) is 12.5. The fourth-order valence-electron chi connectivity index (χ4n) is 2.18. The van der Waals surface area contributed by atoms with E-state index in [-0.39, 0.29) is 0 Å². The Labute approximate surface area is 119 Å². The van der Waals surface area contributed by atoms with Gasteiger partial charge in [0.05, 0.1) is 0 Å². The van der Waals surface area contributed by atoms with Crippen molar-refractivity contribution in [1.29, 1.82) is 0 Å². The molecule has 2 heterocycles. The molecule has 2 rings (SSSR count). The van der Waals surface area contributed by atoms with Crippen molar-refractivity contribution < 1.29 is 0 Å². The zero-order chi connectivity index (χ0) is 14.4. The Kier molecular flexibility index (Phi) is 5.23. The predicted molar refractivity (Wildman–Crippen MR) is 79.7 cm³/mol. The van der Waals surface area contributed by atoms with E-state index in [1.807, 2.05) is 6.92 Å². The smallest absolute Gasteiger partial charge is 0.183 e. The van der Waals surface area contributed by atoms with Gasteiger partial charge in [-0.15, -0.1) is 5.10 Å². The van der Waals surface area contributed by atoms with Crippen molar-refractivity contribution in [1.82, 2.24) is 29.9 Å². The van der Waals surface area contributed by atoms with Crippen LogP contribution in [0.3, 0.4) is 0 Å². The van der Waals surface area contributed by atoms with Gasteiger partial charge in [-0.25, -0.2) is 14.6 Å². The summed E-state index contributed by atoms with van der Waals surface area (Å²) < 4.78 is 1.78. The van der Waals surface area contributed by atoms with Crippen LogP contribution in [0.1, 0.15) is 27.2 Å². The van der Waals surface area contributed by atoms with Crippen LogP contribution in [0.2, 0.25) is 0 Å². The molecule has 7 nitrogen and oxygen atoms in total. The van der Waals surface area contributed by atoms with Crippen molar-refractivity contribution in [3.63, 3.8) is 0 Å². The van der Waals surface area contributed by atoms with E-state index in [9.17, 15) is 0 Å².